The first-order valence-corrected chi connectivity index (χ1v) is 7.42. The van der Waals surface area contributed by atoms with Gasteiger partial charge in [-0.25, -0.2) is 0 Å². The Morgan fingerprint density at radius 1 is 1.24 bits per heavy atom. The summed E-state index contributed by atoms with van der Waals surface area (Å²) >= 11 is 9.55. The molecule has 0 spiro atoms. The number of fused-ring (bicyclic) bond motifs is 1. The number of ether oxygens (including phenoxy) is 1. The number of benzene rings is 2. The maximum absolute atomic E-state index is 12.7. The Labute approximate surface area is 135 Å². The lowest BCUT2D eigenvalue weighted by Gasteiger charge is -2.05. The SMILES string of the molecule is COc1ccc2[nH]cc(C(=O)c3cccc(Br)c3Cl)c2c1. The maximum Gasteiger partial charge on any atom is 0.196 e. The van der Waals surface area contributed by atoms with E-state index in [2.05, 4.69) is 20.9 Å². The zero-order chi connectivity index (χ0) is 15.0. The molecule has 1 N–H and O–H groups in total. The van der Waals surface area contributed by atoms with Crippen LogP contribution in [0, 0.1) is 0 Å². The van der Waals surface area contributed by atoms with Crippen molar-refractivity contribution in [1.82, 2.24) is 4.98 Å². The molecule has 0 amide bonds. The first-order valence-electron chi connectivity index (χ1n) is 6.25. The van der Waals surface area contributed by atoms with Gasteiger partial charge in [-0.2, -0.15) is 0 Å². The van der Waals surface area contributed by atoms with Crippen LogP contribution in [0.5, 0.6) is 5.75 Å². The van der Waals surface area contributed by atoms with E-state index in [1.165, 1.54) is 0 Å². The minimum absolute atomic E-state index is 0.124. The average molecular weight is 365 g/mol. The molecule has 3 nitrogen and oxygen atoms in total. The van der Waals surface area contributed by atoms with Gasteiger partial charge in [-0.3, -0.25) is 4.79 Å². The van der Waals surface area contributed by atoms with Gasteiger partial charge in [0.05, 0.1) is 12.1 Å². The van der Waals surface area contributed by atoms with Crippen LogP contribution in [0.3, 0.4) is 0 Å². The van der Waals surface area contributed by atoms with Crippen molar-refractivity contribution in [2.24, 2.45) is 0 Å². The van der Waals surface area contributed by atoms with Crippen molar-refractivity contribution in [3.63, 3.8) is 0 Å². The van der Waals surface area contributed by atoms with Gasteiger partial charge in [0.2, 0.25) is 0 Å². The van der Waals surface area contributed by atoms with Gasteiger partial charge in [0.15, 0.2) is 5.78 Å². The van der Waals surface area contributed by atoms with E-state index in [0.29, 0.717) is 26.4 Å². The van der Waals surface area contributed by atoms with Crippen molar-refractivity contribution in [1.29, 1.82) is 0 Å². The number of carbonyl (C=O) groups is 1. The lowest BCUT2D eigenvalue weighted by atomic mass is 10.0. The second-order valence-electron chi connectivity index (χ2n) is 4.54. The van der Waals surface area contributed by atoms with E-state index in [1.807, 2.05) is 18.2 Å². The van der Waals surface area contributed by atoms with Crippen LogP contribution in [0.15, 0.2) is 47.1 Å². The van der Waals surface area contributed by atoms with Crippen molar-refractivity contribution in [3.05, 3.63) is 63.2 Å². The van der Waals surface area contributed by atoms with Gasteiger partial charge in [-0.1, -0.05) is 17.7 Å². The summed E-state index contributed by atoms with van der Waals surface area (Å²) in [5, 5.41) is 1.23. The van der Waals surface area contributed by atoms with Gasteiger partial charge in [0.1, 0.15) is 5.75 Å². The fraction of sp³-hybridized carbons (Fsp3) is 0.0625. The lowest BCUT2D eigenvalue weighted by Crippen LogP contribution is -2.01. The number of ketones is 1. The van der Waals surface area contributed by atoms with Gasteiger partial charge in [-0.15, -0.1) is 0 Å². The molecule has 5 heteroatoms. The predicted molar refractivity (Wildman–Crippen MR) is 87.4 cm³/mol. The van der Waals surface area contributed by atoms with Crippen molar-refractivity contribution >= 4 is 44.2 Å². The molecule has 0 aliphatic carbocycles. The third-order valence-corrected chi connectivity index (χ3v) is 4.63. The van der Waals surface area contributed by atoms with Gasteiger partial charge in [0.25, 0.3) is 0 Å². The Balaban J connectivity index is 2.15. The minimum atomic E-state index is -0.124. The zero-order valence-corrected chi connectivity index (χ0v) is 13.5. The Hall–Kier alpha value is -1.78. The quantitative estimate of drug-likeness (QED) is 0.677. The molecule has 0 unspecified atom stereocenters. The van der Waals surface area contributed by atoms with Crippen LogP contribution in [0.2, 0.25) is 5.02 Å². The molecule has 0 bridgehead atoms. The minimum Gasteiger partial charge on any atom is -0.497 e. The number of hydrogen-bond acceptors (Lipinski definition) is 2. The molecule has 106 valence electrons. The average Bonchev–Trinajstić information content (AvgIpc) is 2.92. The molecule has 0 saturated heterocycles. The van der Waals surface area contributed by atoms with E-state index in [9.17, 15) is 4.79 Å². The summed E-state index contributed by atoms with van der Waals surface area (Å²) in [6.07, 6.45) is 1.70. The number of nitrogens with one attached hydrogen (secondary N) is 1. The molecule has 3 aromatic rings. The fourth-order valence-electron chi connectivity index (χ4n) is 2.24. The summed E-state index contributed by atoms with van der Waals surface area (Å²) in [5.74, 6) is 0.581. The highest BCUT2D eigenvalue weighted by Crippen LogP contribution is 2.30. The predicted octanol–water partition coefficient (Wildman–Crippen LogP) is 4.82. The summed E-state index contributed by atoms with van der Waals surface area (Å²) in [4.78, 5) is 15.8. The van der Waals surface area contributed by atoms with Gasteiger partial charge < -0.3 is 9.72 Å². The molecular weight excluding hydrogens is 354 g/mol. The van der Waals surface area contributed by atoms with Gasteiger partial charge in [-0.05, 0) is 46.3 Å². The molecule has 0 aliphatic rings. The molecule has 1 aromatic heterocycles. The first-order chi connectivity index (χ1) is 10.1. The van der Waals surface area contributed by atoms with E-state index < -0.39 is 0 Å². The van der Waals surface area contributed by atoms with Crippen LogP contribution >= 0.6 is 27.5 Å². The van der Waals surface area contributed by atoms with Crippen LogP contribution in [-0.2, 0) is 0 Å². The zero-order valence-electron chi connectivity index (χ0n) is 11.1. The number of aromatic nitrogens is 1. The topological polar surface area (TPSA) is 42.1 Å². The number of hydrogen-bond donors (Lipinski definition) is 1. The molecule has 3 rings (SSSR count). The van der Waals surface area contributed by atoms with Crippen LogP contribution in [-0.4, -0.2) is 17.9 Å². The van der Waals surface area contributed by atoms with Crippen molar-refractivity contribution in [2.45, 2.75) is 0 Å². The molecular formula is C16H11BrClNO2. The van der Waals surface area contributed by atoms with Crippen LogP contribution in [0.1, 0.15) is 15.9 Å². The van der Waals surface area contributed by atoms with E-state index in [0.717, 1.165) is 10.9 Å². The number of rotatable bonds is 3. The highest BCUT2D eigenvalue weighted by molar-refractivity contribution is 9.10. The van der Waals surface area contributed by atoms with Gasteiger partial charge >= 0.3 is 0 Å². The van der Waals surface area contributed by atoms with Crippen LogP contribution in [0.25, 0.3) is 10.9 Å². The third-order valence-electron chi connectivity index (χ3n) is 3.33. The highest BCUT2D eigenvalue weighted by Gasteiger charge is 2.18. The maximum atomic E-state index is 12.7. The molecule has 0 aliphatic heterocycles. The standard InChI is InChI=1S/C16H11BrClNO2/c1-21-9-5-6-14-11(7-9)12(8-19-14)16(20)10-3-2-4-13(17)15(10)18/h2-8,19H,1H3. The molecule has 0 radical (unpaired) electrons. The summed E-state index contributed by atoms with van der Waals surface area (Å²) in [6, 6.07) is 10.9. The van der Waals surface area contributed by atoms with Gasteiger partial charge in [0, 0.05) is 32.7 Å². The molecule has 21 heavy (non-hydrogen) atoms. The Kier molecular flexibility index (Phi) is 3.74. The van der Waals surface area contributed by atoms with E-state index in [-0.39, 0.29) is 5.78 Å². The molecule has 0 fully saturated rings. The molecule has 0 atom stereocenters. The molecule has 1 heterocycles. The number of carbonyl (C=O) groups excluding carboxylic acids is 1. The van der Waals surface area contributed by atoms with E-state index in [1.54, 1.807) is 31.5 Å². The summed E-state index contributed by atoms with van der Waals surface area (Å²) in [5.41, 5.74) is 1.92. The number of aromatic amines is 1. The Bertz CT molecular complexity index is 841. The summed E-state index contributed by atoms with van der Waals surface area (Å²) in [7, 11) is 1.60. The van der Waals surface area contributed by atoms with Crippen molar-refractivity contribution in [2.75, 3.05) is 7.11 Å². The Morgan fingerprint density at radius 2 is 2.05 bits per heavy atom. The Morgan fingerprint density at radius 3 is 2.81 bits per heavy atom. The second-order valence-corrected chi connectivity index (χ2v) is 5.78. The first kappa shape index (κ1) is 14.2. The van der Waals surface area contributed by atoms with Crippen LogP contribution < -0.4 is 4.74 Å². The number of halogens is 2. The van der Waals surface area contributed by atoms with E-state index in [4.69, 9.17) is 16.3 Å². The smallest absolute Gasteiger partial charge is 0.196 e. The monoisotopic (exact) mass is 363 g/mol. The highest BCUT2D eigenvalue weighted by atomic mass is 79.9. The fourth-order valence-corrected chi connectivity index (χ4v) is 2.82. The normalized spacial score (nSPS) is 10.8. The summed E-state index contributed by atoms with van der Waals surface area (Å²) < 4.78 is 5.92. The third kappa shape index (κ3) is 2.45. The van der Waals surface area contributed by atoms with E-state index >= 15 is 0 Å². The molecule has 0 saturated carbocycles. The van der Waals surface area contributed by atoms with Crippen molar-refractivity contribution in [3.8, 4) is 5.75 Å². The lowest BCUT2D eigenvalue weighted by molar-refractivity contribution is 0.104. The van der Waals surface area contributed by atoms with Crippen molar-refractivity contribution < 1.29 is 9.53 Å². The number of H-pyrrole nitrogens is 1. The van der Waals surface area contributed by atoms with Crippen LogP contribution in [0.4, 0.5) is 0 Å². The molecule has 2 aromatic carbocycles. The second kappa shape index (κ2) is 5.54. The number of methoxy groups -OCH3 is 1. The summed E-state index contributed by atoms with van der Waals surface area (Å²) in [6.45, 7) is 0. The largest absolute Gasteiger partial charge is 0.497 e.